The number of nitrogen functional groups attached to an aromatic ring is 2. The van der Waals surface area contributed by atoms with Crippen LogP contribution in [-0.2, 0) is 0 Å². The smallest absolute Gasteiger partial charge is 0.289 e. The van der Waals surface area contributed by atoms with Crippen molar-refractivity contribution in [3.8, 4) is 23.0 Å². The first-order valence-electron chi connectivity index (χ1n) is 23.0. The molecule has 6 aromatic rings. The molecule has 2 saturated heterocycles. The largest absolute Gasteiger partial charge is 0.493 e. The molecule has 2 aromatic carbocycles. The van der Waals surface area contributed by atoms with Crippen LogP contribution in [0.15, 0.2) is 69.9 Å². The number of rotatable bonds is 7. The number of carbonyl (C=O) groups excluding carboxylic acids is 2. The molecule has 2 fully saturated rings. The van der Waals surface area contributed by atoms with Gasteiger partial charge in [-0.3, -0.25) is 9.59 Å². The second-order valence-electron chi connectivity index (χ2n) is 12.1. The van der Waals surface area contributed by atoms with Crippen LogP contribution in [-0.4, -0.2) is 122 Å². The minimum Gasteiger partial charge on any atom is -0.493 e. The van der Waals surface area contributed by atoms with Crippen molar-refractivity contribution < 1.29 is 53.8 Å². The van der Waals surface area contributed by atoms with Gasteiger partial charge in [-0.25, -0.2) is 15.0 Å². The Morgan fingerprint density at radius 3 is 1.64 bits per heavy atom. The zero-order valence-corrected chi connectivity index (χ0v) is 31.8. The number of aromatic nitrogens is 4. The highest BCUT2D eigenvalue weighted by molar-refractivity contribution is 6.28. The van der Waals surface area contributed by atoms with Crippen molar-refractivity contribution in [3.63, 3.8) is 0 Å². The van der Waals surface area contributed by atoms with Crippen molar-refractivity contribution in [2.24, 2.45) is 0 Å². The summed E-state index contributed by atoms with van der Waals surface area (Å²) in [6.07, 6.45) is 2.96. The summed E-state index contributed by atoms with van der Waals surface area (Å²) in [5, 5.41) is 3.57. The van der Waals surface area contributed by atoms with Gasteiger partial charge in [-0.05, 0) is 48.0 Å². The predicted octanol–water partition coefficient (Wildman–Crippen LogP) is 4.41. The van der Waals surface area contributed by atoms with Crippen molar-refractivity contribution in [1.29, 1.82) is 0 Å². The molecule has 4 aromatic heterocycles. The number of halogens is 2. The lowest BCUT2D eigenvalue weighted by molar-refractivity contribution is 0.0700. The molecule has 0 atom stereocenters. The molecular weight excluding hydrogens is 795 g/mol. The van der Waals surface area contributed by atoms with Crippen molar-refractivity contribution in [1.82, 2.24) is 35.1 Å². The summed E-state index contributed by atoms with van der Waals surface area (Å²) in [6, 6.07) is 11.5. The number of piperazine rings is 2. The van der Waals surface area contributed by atoms with Gasteiger partial charge in [0.15, 0.2) is 34.5 Å². The average molecular weight is 852 g/mol. The van der Waals surface area contributed by atoms with E-state index in [2.05, 4.69) is 25.3 Å². The third kappa shape index (κ3) is 9.82. The Bertz CT molecular complexity index is 2740. The number of hydrogen-bond acceptors (Lipinski definition) is 16. The number of carbonyl (C=O) groups is 2. The first kappa shape index (κ1) is 29.0. The van der Waals surface area contributed by atoms with Gasteiger partial charge in [0, 0.05) is 75.3 Å². The second-order valence-corrected chi connectivity index (χ2v) is 12.4. The molecule has 5 N–H and O–H groups in total. The number of methoxy groups -OCH3 is 4. The van der Waals surface area contributed by atoms with Gasteiger partial charge in [-0.1, -0.05) is 0 Å². The molecule has 308 valence electrons. The lowest BCUT2D eigenvalue weighted by Crippen LogP contribution is -2.49. The quantitative estimate of drug-likeness (QED) is 0.189. The van der Waals surface area contributed by atoms with Crippen molar-refractivity contribution >= 4 is 75.2 Å². The number of anilines is 3. The van der Waals surface area contributed by atoms with Crippen molar-refractivity contribution in [2.75, 3.05) is 96.9 Å². The molecule has 8 rings (SSSR count). The Morgan fingerprint density at radius 2 is 1.16 bits per heavy atom. The van der Waals surface area contributed by atoms with E-state index in [0.29, 0.717) is 31.9 Å². The lowest BCUT2D eigenvalue weighted by Gasteiger charge is -2.34. The third-order valence-electron chi connectivity index (χ3n) is 8.70. The molecule has 0 radical (unpaired) electrons. The molecule has 58 heavy (non-hydrogen) atoms. The standard InChI is InChI=1S/C19H21N5O4.C10H10ClN3O2.C9H12N2O2.ClH/c1-26-15-10-12-13(11-16(15)27-2)21-19(22-17(12)20)24-7-5-23(6-8-24)18(25)14-4-3-9-28-14;1-15-7-3-5-6(4-8(7)16-2)13-10(11)14-9(5)12;12-9(8-2-1-7-13-8)11-5-3-10-4-6-11;/h3-4,9-11H,5-8H2,1-2H3,(H2,20,21,22);3-4H,1-2H3,(H2,12,13,14);1-2,7,10H,3-6H2;1H/i2*1D3,2D3;;. The fourth-order valence-corrected chi connectivity index (χ4v) is 6.01. The Balaban J connectivity index is 0.000000216. The molecule has 20 heteroatoms. The number of nitrogens with zero attached hydrogens (tertiary/aromatic N) is 7. The molecule has 0 unspecified atom stereocenters. The highest BCUT2D eigenvalue weighted by Gasteiger charge is 2.26. The molecule has 0 saturated carbocycles. The number of nitrogens with two attached hydrogens (primary N) is 2. The number of benzene rings is 2. The molecule has 0 aliphatic carbocycles. The van der Waals surface area contributed by atoms with Gasteiger partial charge in [0.05, 0.1) is 68.2 Å². The summed E-state index contributed by atoms with van der Waals surface area (Å²) in [5.74, 6) is -0.491. The van der Waals surface area contributed by atoms with Crippen LogP contribution in [0.25, 0.3) is 21.8 Å². The summed E-state index contributed by atoms with van der Waals surface area (Å²) in [4.78, 5) is 45.8. The number of fused-ring (bicyclic) bond motifs is 2. The highest BCUT2D eigenvalue weighted by atomic mass is 35.5. The molecule has 18 nitrogen and oxygen atoms in total. The summed E-state index contributed by atoms with van der Waals surface area (Å²) in [5.41, 5.74) is 12.2. The molecule has 6 heterocycles. The van der Waals surface area contributed by atoms with E-state index in [9.17, 15) is 9.59 Å². The van der Waals surface area contributed by atoms with E-state index in [-0.39, 0.29) is 97.7 Å². The Morgan fingerprint density at radius 1 is 0.690 bits per heavy atom. The van der Waals surface area contributed by atoms with Gasteiger partial charge in [0.25, 0.3) is 11.8 Å². The maximum atomic E-state index is 12.5. The van der Waals surface area contributed by atoms with E-state index < -0.39 is 28.2 Å². The van der Waals surface area contributed by atoms with Crippen molar-refractivity contribution in [3.05, 3.63) is 77.9 Å². The monoisotopic (exact) mass is 850 g/mol. The molecule has 2 aliphatic rings. The van der Waals surface area contributed by atoms with Crippen LogP contribution in [0, 0.1) is 0 Å². The first-order chi connectivity index (χ1) is 32.2. The molecule has 0 bridgehead atoms. The first-order valence-corrected chi connectivity index (χ1v) is 17.3. The topological polar surface area (TPSA) is 223 Å². The van der Waals surface area contributed by atoms with Crippen LogP contribution in [0.3, 0.4) is 0 Å². The normalized spacial score (nSPS) is 17.6. The number of amides is 2. The molecule has 0 spiro atoms. The van der Waals surface area contributed by atoms with Gasteiger partial charge < -0.3 is 59.3 Å². The number of furan rings is 2. The van der Waals surface area contributed by atoms with E-state index in [1.165, 1.54) is 36.8 Å². The fraction of sp³-hybridized carbons (Fsp3) is 0.316. The summed E-state index contributed by atoms with van der Waals surface area (Å²) < 4.78 is 116. The van der Waals surface area contributed by atoms with Crippen LogP contribution in [0.4, 0.5) is 17.6 Å². The van der Waals surface area contributed by atoms with Gasteiger partial charge in [0.2, 0.25) is 11.2 Å². The predicted molar refractivity (Wildman–Crippen MR) is 221 cm³/mol. The SMILES string of the molecule is Cl.O=C(c1ccco1)N1CCNCC1.[2H]C([2H])([2H])Oc1cc2nc(Cl)nc(N)c2cc1OC([2H])([2H])[2H].[2H]C([2H])([2H])Oc1cc2nc(N3CCN(C(=O)c4ccco4)CC3)nc(N)c2cc1OC([2H])([2H])[2H]. The minimum absolute atomic E-state index is 0. The summed E-state index contributed by atoms with van der Waals surface area (Å²) >= 11 is 5.68. The molecule has 2 amide bonds. The second kappa shape index (κ2) is 19.8. The number of hydrogen-bond donors (Lipinski definition) is 3. The zero-order valence-electron chi connectivity index (χ0n) is 42.3. The Labute approximate surface area is 361 Å². The van der Waals surface area contributed by atoms with Crippen LogP contribution >= 0.6 is 24.0 Å². The molecular formula is C38H44Cl2N10O8. The highest BCUT2D eigenvalue weighted by Crippen LogP contribution is 2.35. The van der Waals surface area contributed by atoms with E-state index in [4.69, 9.17) is 67.3 Å². The van der Waals surface area contributed by atoms with Crippen LogP contribution in [0.1, 0.15) is 37.6 Å². The third-order valence-corrected chi connectivity index (χ3v) is 8.87. The zero-order chi connectivity index (χ0) is 50.5. The Kier molecular flexibility index (Phi) is 9.89. The lowest BCUT2D eigenvalue weighted by atomic mass is 10.2. The van der Waals surface area contributed by atoms with Crippen LogP contribution < -0.4 is 40.6 Å². The van der Waals surface area contributed by atoms with Gasteiger partial charge >= 0.3 is 0 Å². The van der Waals surface area contributed by atoms with Gasteiger partial charge in [0.1, 0.15) is 11.6 Å². The number of ether oxygens (including phenoxy) is 4. The van der Waals surface area contributed by atoms with Gasteiger partial charge in [-0.2, -0.15) is 4.98 Å². The van der Waals surface area contributed by atoms with Crippen molar-refractivity contribution in [2.45, 2.75) is 0 Å². The van der Waals surface area contributed by atoms with E-state index >= 15 is 0 Å². The maximum Gasteiger partial charge on any atom is 0.289 e. The number of nitrogens with one attached hydrogen (secondary N) is 1. The Hall–Kier alpha value is -6.24. The maximum absolute atomic E-state index is 12.5. The van der Waals surface area contributed by atoms with E-state index in [1.807, 2.05) is 4.90 Å². The average Bonchev–Trinajstić information content (AvgIpc) is 3.99. The summed E-state index contributed by atoms with van der Waals surface area (Å²) in [7, 11) is -11.3. The fourth-order valence-electron chi connectivity index (χ4n) is 5.83. The van der Waals surface area contributed by atoms with Gasteiger partial charge in [-0.15, -0.1) is 12.4 Å². The van der Waals surface area contributed by atoms with Crippen LogP contribution in [0.5, 0.6) is 23.0 Å². The molecule has 2 aliphatic heterocycles. The minimum atomic E-state index is -2.85. The van der Waals surface area contributed by atoms with Crippen LogP contribution in [0.2, 0.25) is 5.28 Å². The summed E-state index contributed by atoms with van der Waals surface area (Å²) in [6.45, 7) is 4.92. The van der Waals surface area contributed by atoms with E-state index in [0.717, 1.165) is 26.2 Å². The van der Waals surface area contributed by atoms with E-state index in [1.54, 1.807) is 34.1 Å².